The molecule has 116 valence electrons. The van der Waals surface area contributed by atoms with Crippen LogP contribution in [0.5, 0.6) is 0 Å². The monoisotopic (exact) mass is 318 g/mol. The molecule has 1 aliphatic rings. The summed E-state index contributed by atoms with van der Waals surface area (Å²) in [5.74, 6) is 1.33. The maximum absolute atomic E-state index is 12.7. The highest BCUT2D eigenvalue weighted by Crippen LogP contribution is 2.37. The highest BCUT2D eigenvalue weighted by molar-refractivity contribution is 7.89. The summed E-state index contributed by atoms with van der Waals surface area (Å²) in [7, 11) is -1.70. The average Bonchev–Trinajstić information content (AvgIpc) is 2.46. The van der Waals surface area contributed by atoms with Gasteiger partial charge in [0.25, 0.3) is 0 Å². The number of anilines is 1. The lowest BCUT2D eigenvalue weighted by Crippen LogP contribution is -2.45. The van der Waals surface area contributed by atoms with E-state index in [4.69, 9.17) is 0 Å². The number of nitrogens with zero attached hydrogens (tertiary/aromatic N) is 3. The van der Waals surface area contributed by atoms with E-state index in [1.165, 1.54) is 4.31 Å². The second kappa shape index (κ2) is 5.66. The molecule has 0 saturated carbocycles. The van der Waals surface area contributed by atoms with Crippen LogP contribution in [0.4, 0.5) is 5.82 Å². The third kappa shape index (κ3) is 2.57. The third-order valence-corrected chi connectivity index (χ3v) is 5.70. The van der Waals surface area contributed by atoms with Crippen LogP contribution in [0.3, 0.4) is 0 Å². The zero-order valence-electron chi connectivity index (χ0n) is 12.5. The molecule has 1 N–H and O–H groups in total. The fourth-order valence-electron chi connectivity index (χ4n) is 2.56. The largest absolute Gasteiger partial charge is 0.373 e. The number of sulfonamides is 1. The predicted molar refractivity (Wildman–Crippen MR) is 84.0 cm³/mol. The molecule has 0 aliphatic carbocycles. The van der Waals surface area contributed by atoms with E-state index in [1.807, 2.05) is 6.07 Å². The number of benzene rings is 1. The van der Waals surface area contributed by atoms with E-state index in [0.717, 1.165) is 12.1 Å². The minimum atomic E-state index is -3.48. The molecule has 0 bridgehead atoms. The highest BCUT2D eigenvalue weighted by Gasteiger charge is 2.40. The van der Waals surface area contributed by atoms with Gasteiger partial charge < -0.3 is 5.32 Å². The minimum absolute atomic E-state index is 0.223. The van der Waals surface area contributed by atoms with Gasteiger partial charge in [-0.05, 0) is 25.5 Å². The van der Waals surface area contributed by atoms with Crippen LogP contribution in [0.25, 0.3) is 0 Å². The zero-order chi connectivity index (χ0) is 15.7. The molecule has 0 radical (unpaired) electrons. The molecule has 2 aromatic rings. The number of hydrogen-bond donors (Lipinski definition) is 1. The van der Waals surface area contributed by atoms with Gasteiger partial charge in [0.15, 0.2) is 0 Å². The fraction of sp³-hybridized carbons (Fsp3) is 0.333. The smallest absolute Gasteiger partial charge is 0.243 e. The lowest BCUT2D eigenvalue weighted by Gasteiger charge is -2.39. The van der Waals surface area contributed by atoms with Gasteiger partial charge in [-0.15, -0.1) is 0 Å². The normalized spacial score (nSPS) is 18.7. The number of rotatable bonds is 4. The van der Waals surface area contributed by atoms with Crippen molar-refractivity contribution in [3.8, 4) is 0 Å². The van der Waals surface area contributed by atoms with Crippen molar-refractivity contribution in [3.05, 3.63) is 47.9 Å². The van der Waals surface area contributed by atoms with Crippen LogP contribution < -0.4 is 5.32 Å². The van der Waals surface area contributed by atoms with Crippen molar-refractivity contribution >= 4 is 15.8 Å². The first-order chi connectivity index (χ1) is 10.5. The molecule has 3 rings (SSSR count). The first-order valence-corrected chi connectivity index (χ1v) is 8.56. The van der Waals surface area contributed by atoms with Crippen molar-refractivity contribution in [1.29, 1.82) is 0 Å². The number of aryl methyl sites for hydroxylation is 1. The van der Waals surface area contributed by atoms with E-state index in [2.05, 4.69) is 15.3 Å². The molecule has 2 heterocycles. The molecule has 22 heavy (non-hydrogen) atoms. The molecule has 1 aliphatic heterocycles. The first kappa shape index (κ1) is 14.9. The van der Waals surface area contributed by atoms with Crippen molar-refractivity contribution in [2.75, 3.05) is 18.9 Å². The number of nitrogens with one attached hydrogen (secondary N) is 1. The lowest BCUT2D eigenvalue weighted by molar-refractivity contribution is 0.197. The van der Waals surface area contributed by atoms with Gasteiger partial charge >= 0.3 is 0 Å². The maximum atomic E-state index is 12.7. The summed E-state index contributed by atoms with van der Waals surface area (Å²) in [4.78, 5) is 8.97. The Bertz CT molecular complexity index is 777. The van der Waals surface area contributed by atoms with E-state index >= 15 is 0 Å². The summed E-state index contributed by atoms with van der Waals surface area (Å²) in [6, 6.07) is 10.1. The van der Waals surface area contributed by atoms with Gasteiger partial charge in [-0.1, -0.05) is 18.2 Å². The molecule has 1 aromatic heterocycles. The Morgan fingerprint density at radius 3 is 2.55 bits per heavy atom. The van der Waals surface area contributed by atoms with Crippen molar-refractivity contribution in [2.45, 2.75) is 24.3 Å². The summed E-state index contributed by atoms with van der Waals surface area (Å²) in [6.45, 7) is 2.32. The van der Waals surface area contributed by atoms with Gasteiger partial charge in [-0.3, -0.25) is 0 Å². The Kier molecular flexibility index (Phi) is 3.84. The molecular formula is C15H18N4O2S. The van der Waals surface area contributed by atoms with Crippen LogP contribution in [0.2, 0.25) is 0 Å². The highest BCUT2D eigenvalue weighted by atomic mass is 32.2. The van der Waals surface area contributed by atoms with Crippen LogP contribution in [-0.2, 0) is 10.0 Å². The summed E-state index contributed by atoms with van der Waals surface area (Å²) in [6.07, 6.45) is 0.770. The Balaban J connectivity index is 1.93. The van der Waals surface area contributed by atoms with Crippen LogP contribution in [0, 0.1) is 6.92 Å². The molecule has 7 heteroatoms. The molecule has 1 saturated heterocycles. The minimum Gasteiger partial charge on any atom is -0.373 e. The Morgan fingerprint density at radius 2 is 1.95 bits per heavy atom. The SMILES string of the molecule is CNc1cc([C@@H]2CCN2S(=O)(=O)c2ccccc2)nc(C)n1. The summed E-state index contributed by atoms with van der Waals surface area (Å²) >= 11 is 0. The van der Waals surface area contributed by atoms with E-state index < -0.39 is 10.0 Å². The predicted octanol–water partition coefficient (Wildman–Crippen LogP) is 1.96. The molecule has 6 nitrogen and oxygen atoms in total. The fourth-order valence-corrected chi connectivity index (χ4v) is 4.23. The van der Waals surface area contributed by atoms with Crippen molar-refractivity contribution in [2.24, 2.45) is 0 Å². The van der Waals surface area contributed by atoms with Gasteiger partial charge in [0.1, 0.15) is 11.6 Å². The molecule has 0 spiro atoms. The second-order valence-electron chi connectivity index (χ2n) is 5.21. The van der Waals surface area contributed by atoms with Gasteiger partial charge in [0.05, 0.1) is 16.6 Å². The molecule has 0 unspecified atom stereocenters. The standard InChI is InChI=1S/C15H18N4O2S/c1-11-17-13(10-15(16-2)18-11)14-8-9-19(14)22(20,21)12-6-4-3-5-7-12/h3-7,10,14H,8-9H2,1-2H3,(H,16,17,18)/t14-/m0/s1. The van der Waals surface area contributed by atoms with Gasteiger partial charge in [0.2, 0.25) is 10.0 Å². The van der Waals surface area contributed by atoms with Crippen LogP contribution in [0.15, 0.2) is 41.3 Å². The molecule has 0 amide bonds. The molecular weight excluding hydrogens is 300 g/mol. The van der Waals surface area contributed by atoms with Crippen LogP contribution in [0.1, 0.15) is 24.0 Å². The topological polar surface area (TPSA) is 75.2 Å². The van der Waals surface area contributed by atoms with Crippen molar-refractivity contribution in [1.82, 2.24) is 14.3 Å². The van der Waals surface area contributed by atoms with E-state index in [1.54, 1.807) is 44.3 Å². The first-order valence-electron chi connectivity index (χ1n) is 7.12. The lowest BCUT2D eigenvalue weighted by atomic mass is 10.0. The van der Waals surface area contributed by atoms with Gasteiger partial charge in [0, 0.05) is 19.7 Å². The quantitative estimate of drug-likeness (QED) is 0.933. The third-order valence-electron chi connectivity index (χ3n) is 3.78. The van der Waals surface area contributed by atoms with Crippen molar-refractivity contribution < 1.29 is 8.42 Å². The molecule has 1 fully saturated rings. The number of hydrogen-bond acceptors (Lipinski definition) is 5. The van der Waals surface area contributed by atoms with Gasteiger partial charge in [-0.2, -0.15) is 4.31 Å². The Hall–Kier alpha value is -1.99. The Labute approximate surface area is 130 Å². The van der Waals surface area contributed by atoms with E-state index in [0.29, 0.717) is 23.1 Å². The molecule has 1 atom stereocenters. The summed E-state index contributed by atoms with van der Waals surface area (Å²) in [5.41, 5.74) is 0.739. The number of aromatic nitrogens is 2. The Morgan fingerprint density at radius 1 is 1.23 bits per heavy atom. The summed E-state index contributed by atoms with van der Waals surface area (Å²) < 4.78 is 26.9. The zero-order valence-corrected chi connectivity index (χ0v) is 13.3. The maximum Gasteiger partial charge on any atom is 0.243 e. The van der Waals surface area contributed by atoms with Crippen molar-refractivity contribution in [3.63, 3.8) is 0 Å². The van der Waals surface area contributed by atoms with Crippen LogP contribution >= 0.6 is 0 Å². The van der Waals surface area contributed by atoms with Crippen LogP contribution in [-0.4, -0.2) is 36.3 Å². The average molecular weight is 318 g/mol. The van der Waals surface area contributed by atoms with E-state index in [-0.39, 0.29) is 6.04 Å². The van der Waals surface area contributed by atoms with Gasteiger partial charge in [-0.25, -0.2) is 18.4 Å². The van der Waals surface area contributed by atoms with E-state index in [9.17, 15) is 8.42 Å². The molecule has 1 aromatic carbocycles. The summed E-state index contributed by atoms with van der Waals surface area (Å²) in [5, 5.41) is 2.98. The second-order valence-corrected chi connectivity index (χ2v) is 7.10.